The number of H-pyrrole nitrogens is 1. The summed E-state index contributed by atoms with van der Waals surface area (Å²) >= 11 is 10.7. The van der Waals surface area contributed by atoms with Gasteiger partial charge < -0.3 is 0 Å². The molecule has 0 fully saturated rings. The van der Waals surface area contributed by atoms with E-state index in [4.69, 9.17) is 23.2 Å². The van der Waals surface area contributed by atoms with Crippen LogP contribution in [0.25, 0.3) is 0 Å². The minimum Gasteiger partial charge on any atom is -0.266 e. The summed E-state index contributed by atoms with van der Waals surface area (Å²) in [6.07, 6.45) is 0. The summed E-state index contributed by atoms with van der Waals surface area (Å²) in [4.78, 5) is 10.5. The van der Waals surface area contributed by atoms with Gasteiger partial charge in [0, 0.05) is 6.07 Å². The molecule has 0 amide bonds. The number of aromatic amines is 1. The summed E-state index contributed by atoms with van der Waals surface area (Å²) in [5.41, 5.74) is -0.430. The van der Waals surface area contributed by atoms with E-state index in [-0.39, 0.29) is 10.2 Å². The first-order valence-corrected chi connectivity index (χ1v) is 2.86. The molecule has 0 radical (unpaired) electrons. The van der Waals surface area contributed by atoms with Gasteiger partial charge in [-0.05, 0) is 0 Å². The van der Waals surface area contributed by atoms with Crippen molar-refractivity contribution in [3.05, 3.63) is 26.6 Å². The Morgan fingerprint density at radius 1 is 1.56 bits per heavy atom. The Kier molecular flexibility index (Phi) is 1.73. The number of hydrogen-bond acceptors (Lipinski definition) is 2. The van der Waals surface area contributed by atoms with Crippen LogP contribution in [0.15, 0.2) is 10.9 Å². The molecule has 0 spiro atoms. The predicted molar refractivity (Wildman–Crippen MR) is 34.9 cm³/mol. The monoisotopic (exact) mass is 164 g/mol. The number of hydrogen-bond donors (Lipinski definition) is 1. The fourth-order valence-corrected chi connectivity index (χ4v) is 0.713. The Hall–Kier alpha value is -0.540. The highest BCUT2D eigenvalue weighted by Crippen LogP contribution is 2.05. The fourth-order valence-electron chi connectivity index (χ4n) is 0.360. The van der Waals surface area contributed by atoms with Crippen molar-refractivity contribution in [2.75, 3.05) is 0 Å². The molecule has 0 saturated heterocycles. The van der Waals surface area contributed by atoms with E-state index in [9.17, 15) is 4.79 Å². The summed E-state index contributed by atoms with van der Waals surface area (Å²) < 4.78 is 0. The molecule has 1 aromatic rings. The van der Waals surface area contributed by atoms with E-state index in [1.807, 2.05) is 0 Å². The Labute approximate surface area is 60.6 Å². The van der Waals surface area contributed by atoms with Crippen molar-refractivity contribution in [1.29, 1.82) is 0 Å². The third-order valence-electron chi connectivity index (χ3n) is 0.727. The first-order valence-electron chi connectivity index (χ1n) is 2.11. The normalized spacial score (nSPS) is 9.56. The molecule has 0 aliphatic heterocycles. The molecule has 0 atom stereocenters. The Morgan fingerprint density at radius 3 is 2.67 bits per heavy atom. The third-order valence-corrected chi connectivity index (χ3v) is 1.20. The lowest BCUT2D eigenvalue weighted by atomic mass is 10.6. The minimum absolute atomic E-state index is 0.0509. The van der Waals surface area contributed by atoms with Crippen molar-refractivity contribution in [3.63, 3.8) is 0 Å². The molecule has 48 valence electrons. The van der Waals surface area contributed by atoms with Crippen LogP contribution < -0.4 is 5.56 Å². The highest BCUT2D eigenvalue weighted by Gasteiger charge is 1.94. The molecule has 0 aliphatic rings. The molecule has 1 aromatic heterocycles. The van der Waals surface area contributed by atoms with Gasteiger partial charge in [0.05, 0.1) is 0 Å². The smallest absolute Gasteiger partial charge is 0.266 e. The van der Waals surface area contributed by atoms with Crippen LogP contribution in [0, 0.1) is 0 Å². The van der Waals surface area contributed by atoms with Crippen LogP contribution in [0.2, 0.25) is 10.2 Å². The van der Waals surface area contributed by atoms with Crippen LogP contribution in [0.4, 0.5) is 0 Å². The summed E-state index contributed by atoms with van der Waals surface area (Å²) in [5.74, 6) is 0. The van der Waals surface area contributed by atoms with Crippen molar-refractivity contribution in [2.45, 2.75) is 0 Å². The summed E-state index contributed by atoms with van der Waals surface area (Å²) in [6, 6.07) is 1.28. The first kappa shape index (κ1) is 6.58. The zero-order valence-electron chi connectivity index (χ0n) is 4.19. The molecule has 5 heteroatoms. The second-order valence-corrected chi connectivity index (χ2v) is 2.16. The summed E-state index contributed by atoms with van der Waals surface area (Å²) in [5, 5.41) is 5.71. The van der Waals surface area contributed by atoms with Gasteiger partial charge in [-0.15, -0.1) is 0 Å². The van der Waals surface area contributed by atoms with Gasteiger partial charge in [0.1, 0.15) is 5.02 Å². The van der Waals surface area contributed by atoms with E-state index in [0.29, 0.717) is 0 Å². The maximum Gasteiger partial charge on any atom is 0.283 e. The van der Waals surface area contributed by atoms with Gasteiger partial charge in [-0.25, -0.2) is 5.10 Å². The average Bonchev–Trinajstić information content (AvgIpc) is 1.80. The molecule has 1 heterocycles. The van der Waals surface area contributed by atoms with E-state index in [1.165, 1.54) is 6.07 Å². The first-order chi connectivity index (χ1) is 4.20. The average molecular weight is 165 g/mol. The molecule has 3 nitrogen and oxygen atoms in total. The Morgan fingerprint density at radius 2 is 2.22 bits per heavy atom. The van der Waals surface area contributed by atoms with Crippen LogP contribution >= 0.6 is 23.2 Å². The highest BCUT2D eigenvalue weighted by atomic mass is 35.5. The second-order valence-electron chi connectivity index (χ2n) is 1.37. The van der Waals surface area contributed by atoms with E-state index in [2.05, 4.69) is 10.2 Å². The van der Waals surface area contributed by atoms with Gasteiger partial charge in [0.15, 0.2) is 5.15 Å². The van der Waals surface area contributed by atoms with Crippen LogP contribution in [0.1, 0.15) is 0 Å². The van der Waals surface area contributed by atoms with Gasteiger partial charge in [-0.1, -0.05) is 23.2 Å². The zero-order chi connectivity index (χ0) is 6.85. The van der Waals surface area contributed by atoms with E-state index in [1.54, 1.807) is 0 Å². The molecular weight excluding hydrogens is 163 g/mol. The number of nitrogens with zero attached hydrogens (tertiary/aromatic N) is 1. The SMILES string of the molecule is O=c1[nH]nc(Cl)cc1Cl. The van der Waals surface area contributed by atoms with Gasteiger partial charge in [0.2, 0.25) is 0 Å². The molecule has 0 unspecified atom stereocenters. The van der Waals surface area contributed by atoms with Crippen molar-refractivity contribution >= 4 is 23.2 Å². The van der Waals surface area contributed by atoms with E-state index < -0.39 is 5.56 Å². The number of rotatable bonds is 0. The van der Waals surface area contributed by atoms with Gasteiger partial charge in [-0.2, -0.15) is 5.10 Å². The van der Waals surface area contributed by atoms with Crippen LogP contribution in [0.5, 0.6) is 0 Å². The highest BCUT2D eigenvalue weighted by molar-refractivity contribution is 6.33. The summed E-state index contributed by atoms with van der Waals surface area (Å²) in [7, 11) is 0. The minimum atomic E-state index is -0.430. The second kappa shape index (κ2) is 2.37. The lowest BCUT2D eigenvalue weighted by Crippen LogP contribution is -2.06. The number of nitrogens with one attached hydrogen (secondary N) is 1. The van der Waals surface area contributed by atoms with Gasteiger partial charge in [0.25, 0.3) is 5.56 Å². The van der Waals surface area contributed by atoms with Gasteiger partial charge in [-0.3, -0.25) is 4.79 Å². The Balaban J connectivity index is 3.34. The van der Waals surface area contributed by atoms with Crippen molar-refractivity contribution in [3.8, 4) is 0 Å². The summed E-state index contributed by atoms with van der Waals surface area (Å²) in [6.45, 7) is 0. The van der Waals surface area contributed by atoms with Crippen molar-refractivity contribution in [2.24, 2.45) is 0 Å². The largest absolute Gasteiger partial charge is 0.283 e. The maximum atomic E-state index is 10.5. The molecule has 0 aromatic carbocycles. The molecule has 0 aliphatic carbocycles. The Bertz CT molecular complexity index is 270. The van der Waals surface area contributed by atoms with Crippen molar-refractivity contribution in [1.82, 2.24) is 10.2 Å². The van der Waals surface area contributed by atoms with Crippen LogP contribution in [-0.4, -0.2) is 10.2 Å². The predicted octanol–water partition coefficient (Wildman–Crippen LogP) is 1.08. The number of aromatic nitrogens is 2. The zero-order valence-corrected chi connectivity index (χ0v) is 5.70. The molecule has 1 rings (SSSR count). The quantitative estimate of drug-likeness (QED) is 0.624. The topological polar surface area (TPSA) is 45.8 Å². The lowest BCUT2D eigenvalue weighted by molar-refractivity contribution is 0.989. The molecular formula is C4H2Cl2N2O. The number of halogens is 2. The van der Waals surface area contributed by atoms with Crippen LogP contribution in [-0.2, 0) is 0 Å². The fraction of sp³-hybridized carbons (Fsp3) is 0. The lowest BCUT2D eigenvalue weighted by Gasteiger charge is -1.86. The van der Waals surface area contributed by atoms with E-state index in [0.717, 1.165) is 0 Å². The molecule has 1 N–H and O–H groups in total. The maximum absolute atomic E-state index is 10.5. The van der Waals surface area contributed by atoms with Crippen LogP contribution in [0.3, 0.4) is 0 Å². The van der Waals surface area contributed by atoms with Gasteiger partial charge >= 0.3 is 0 Å². The third kappa shape index (κ3) is 1.43. The molecule has 0 saturated carbocycles. The van der Waals surface area contributed by atoms with Crippen molar-refractivity contribution < 1.29 is 0 Å². The standard InChI is InChI=1S/C4H2Cl2N2O/c5-2-1-3(6)7-8-4(2)9/h1H,(H,8,9). The molecule has 9 heavy (non-hydrogen) atoms. The van der Waals surface area contributed by atoms with E-state index >= 15 is 0 Å². The molecule has 0 bridgehead atoms.